The van der Waals surface area contributed by atoms with Crippen LogP contribution in [0.25, 0.3) is 11.4 Å². The number of anilines is 1. The van der Waals surface area contributed by atoms with Gasteiger partial charge in [-0.3, -0.25) is 0 Å². The highest BCUT2D eigenvalue weighted by atomic mass is 19.1. The number of aromatic nitrogens is 4. The highest BCUT2D eigenvalue weighted by molar-refractivity contribution is 5.59. The summed E-state index contributed by atoms with van der Waals surface area (Å²) in [7, 11) is 0. The Hall–Kier alpha value is -2.02. The van der Waals surface area contributed by atoms with Crippen LogP contribution in [0.15, 0.2) is 18.2 Å². The van der Waals surface area contributed by atoms with Crippen molar-refractivity contribution in [1.82, 2.24) is 20.2 Å². The molecule has 2 atom stereocenters. The maximum absolute atomic E-state index is 13.5. The lowest BCUT2D eigenvalue weighted by atomic mass is 10.0. The molecule has 1 saturated heterocycles. The molecule has 1 aromatic heterocycles. The molecule has 0 bridgehead atoms. The molecular formula is C13H16FN5O. The topological polar surface area (TPSA) is 78.8 Å². The molecule has 2 N–H and O–H groups in total. The summed E-state index contributed by atoms with van der Waals surface area (Å²) in [5.74, 6) is 0.452. The molecule has 6 nitrogen and oxygen atoms in total. The van der Waals surface area contributed by atoms with Crippen molar-refractivity contribution >= 4 is 5.69 Å². The predicted octanol–water partition coefficient (Wildman–Crippen LogP) is 1.49. The van der Waals surface area contributed by atoms with Crippen molar-refractivity contribution in [2.24, 2.45) is 5.92 Å². The summed E-state index contributed by atoms with van der Waals surface area (Å²) in [6.45, 7) is 3.47. The molecule has 1 aromatic carbocycles. The number of nitrogens with zero attached hydrogens (tertiary/aromatic N) is 4. The SMILES string of the molecule is CC1OCCC1Cn1nnnc1-c1ccc(N)c(F)c1. The van der Waals surface area contributed by atoms with Crippen LogP contribution < -0.4 is 5.73 Å². The van der Waals surface area contributed by atoms with Crippen LogP contribution in [0.2, 0.25) is 0 Å². The first-order valence-electron chi connectivity index (χ1n) is 6.58. The number of ether oxygens (including phenoxy) is 1. The zero-order chi connectivity index (χ0) is 14.1. The van der Waals surface area contributed by atoms with Gasteiger partial charge in [-0.15, -0.1) is 5.10 Å². The molecule has 0 spiro atoms. The molecule has 1 aliphatic rings. The second-order valence-corrected chi connectivity index (χ2v) is 5.05. The number of tetrazole rings is 1. The van der Waals surface area contributed by atoms with Gasteiger partial charge in [-0.05, 0) is 42.0 Å². The van der Waals surface area contributed by atoms with E-state index in [1.165, 1.54) is 12.1 Å². The van der Waals surface area contributed by atoms with Crippen LogP contribution in [0, 0.1) is 11.7 Å². The molecule has 20 heavy (non-hydrogen) atoms. The van der Waals surface area contributed by atoms with Gasteiger partial charge in [0, 0.05) is 18.1 Å². The second-order valence-electron chi connectivity index (χ2n) is 5.05. The van der Waals surface area contributed by atoms with E-state index in [0.717, 1.165) is 13.0 Å². The molecule has 2 aromatic rings. The molecule has 2 unspecified atom stereocenters. The summed E-state index contributed by atoms with van der Waals surface area (Å²) < 4.78 is 20.8. The normalized spacial score (nSPS) is 22.3. The Balaban J connectivity index is 1.87. The Bertz CT molecular complexity index is 615. The lowest BCUT2D eigenvalue weighted by Crippen LogP contribution is -2.19. The van der Waals surface area contributed by atoms with Crippen LogP contribution in [0.3, 0.4) is 0 Å². The van der Waals surface area contributed by atoms with Crippen molar-refractivity contribution in [1.29, 1.82) is 0 Å². The molecule has 0 radical (unpaired) electrons. The standard InChI is InChI=1S/C13H16FN5O/c1-8-10(4-5-20-8)7-19-13(16-17-18-19)9-2-3-12(15)11(14)6-9/h2-3,6,8,10H,4-5,7,15H2,1H3. The third-order valence-electron chi connectivity index (χ3n) is 3.73. The summed E-state index contributed by atoms with van der Waals surface area (Å²) >= 11 is 0. The predicted molar refractivity (Wildman–Crippen MR) is 71.1 cm³/mol. The van der Waals surface area contributed by atoms with Crippen LogP contribution in [0.1, 0.15) is 13.3 Å². The third-order valence-corrected chi connectivity index (χ3v) is 3.73. The van der Waals surface area contributed by atoms with E-state index >= 15 is 0 Å². The zero-order valence-corrected chi connectivity index (χ0v) is 11.2. The number of hydrogen-bond donors (Lipinski definition) is 1. The number of hydrogen-bond acceptors (Lipinski definition) is 5. The molecule has 3 rings (SSSR count). The van der Waals surface area contributed by atoms with E-state index in [2.05, 4.69) is 15.5 Å². The van der Waals surface area contributed by atoms with Gasteiger partial charge >= 0.3 is 0 Å². The Morgan fingerprint density at radius 3 is 3.05 bits per heavy atom. The lowest BCUT2D eigenvalue weighted by molar-refractivity contribution is 0.101. The maximum atomic E-state index is 13.5. The number of nitrogen functional groups attached to an aromatic ring is 1. The number of benzene rings is 1. The van der Waals surface area contributed by atoms with Crippen molar-refractivity contribution in [3.05, 3.63) is 24.0 Å². The smallest absolute Gasteiger partial charge is 0.182 e. The van der Waals surface area contributed by atoms with E-state index in [1.54, 1.807) is 10.7 Å². The highest BCUT2D eigenvalue weighted by Gasteiger charge is 2.26. The molecule has 1 fully saturated rings. The first-order valence-corrected chi connectivity index (χ1v) is 6.58. The van der Waals surface area contributed by atoms with E-state index in [1.807, 2.05) is 6.92 Å². The molecule has 1 aliphatic heterocycles. The van der Waals surface area contributed by atoms with Gasteiger partial charge in [0.2, 0.25) is 0 Å². The summed E-state index contributed by atoms with van der Waals surface area (Å²) in [6.07, 6.45) is 1.17. The van der Waals surface area contributed by atoms with Crippen molar-refractivity contribution in [3.8, 4) is 11.4 Å². The number of nitrogens with two attached hydrogens (primary N) is 1. The van der Waals surface area contributed by atoms with Crippen LogP contribution in [-0.4, -0.2) is 32.9 Å². The summed E-state index contributed by atoms with van der Waals surface area (Å²) in [4.78, 5) is 0. The first kappa shape index (κ1) is 13.0. The maximum Gasteiger partial charge on any atom is 0.182 e. The van der Waals surface area contributed by atoms with Gasteiger partial charge in [0.05, 0.1) is 18.3 Å². The Morgan fingerprint density at radius 1 is 1.50 bits per heavy atom. The van der Waals surface area contributed by atoms with Crippen LogP contribution in [-0.2, 0) is 11.3 Å². The summed E-state index contributed by atoms with van der Waals surface area (Å²) in [5.41, 5.74) is 6.22. The van der Waals surface area contributed by atoms with Gasteiger partial charge in [-0.25, -0.2) is 9.07 Å². The zero-order valence-electron chi connectivity index (χ0n) is 11.2. The van der Waals surface area contributed by atoms with Crippen LogP contribution in [0.5, 0.6) is 0 Å². The minimum atomic E-state index is -0.463. The van der Waals surface area contributed by atoms with E-state index in [0.29, 0.717) is 23.9 Å². The van der Waals surface area contributed by atoms with Crippen LogP contribution >= 0.6 is 0 Å². The molecule has 2 heterocycles. The number of halogens is 1. The quantitative estimate of drug-likeness (QED) is 0.860. The minimum Gasteiger partial charge on any atom is -0.396 e. The third kappa shape index (κ3) is 2.36. The van der Waals surface area contributed by atoms with Crippen molar-refractivity contribution < 1.29 is 9.13 Å². The van der Waals surface area contributed by atoms with E-state index < -0.39 is 5.82 Å². The van der Waals surface area contributed by atoms with Crippen molar-refractivity contribution in [2.45, 2.75) is 26.0 Å². The van der Waals surface area contributed by atoms with Crippen molar-refractivity contribution in [3.63, 3.8) is 0 Å². The molecular weight excluding hydrogens is 261 g/mol. The Morgan fingerprint density at radius 2 is 2.35 bits per heavy atom. The van der Waals surface area contributed by atoms with Gasteiger partial charge in [0.1, 0.15) is 5.82 Å². The van der Waals surface area contributed by atoms with Gasteiger partial charge in [-0.2, -0.15) is 0 Å². The average molecular weight is 277 g/mol. The van der Waals surface area contributed by atoms with E-state index in [4.69, 9.17) is 10.5 Å². The van der Waals surface area contributed by atoms with Crippen LogP contribution in [0.4, 0.5) is 10.1 Å². The fraction of sp³-hybridized carbons (Fsp3) is 0.462. The van der Waals surface area contributed by atoms with Gasteiger partial charge in [-0.1, -0.05) is 0 Å². The monoisotopic (exact) mass is 277 g/mol. The average Bonchev–Trinajstić information content (AvgIpc) is 3.04. The molecule has 7 heteroatoms. The molecule has 106 valence electrons. The van der Waals surface area contributed by atoms with E-state index in [-0.39, 0.29) is 11.8 Å². The second kappa shape index (κ2) is 5.16. The van der Waals surface area contributed by atoms with Gasteiger partial charge in [0.15, 0.2) is 5.82 Å². The van der Waals surface area contributed by atoms with Crippen molar-refractivity contribution in [2.75, 3.05) is 12.3 Å². The largest absolute Gasteiger partial charge is 0.396 e. The first-order chi connectivity index (χ1) is 9.65. The fourth-order valence-corrected chi connectivity index (χ4v) is 2.44. The minimum absolute atomic E-state index is 0.116. The summed E-state index contributed by atoms with van der Waals surface area (Å²) in [6, 6.07) is 4.59. The lowest BCUT2D eigenvalue weighted by Gasteiger charge is -2.14. The molecule has 0 saturated carbocycles. The van der Waals surface area contributed by atoms with Gasteiger partial charge in [0.25, 0.3) is 0 Å². The highest BCUT2D eigenvalue weighted by Crippen LogP contribution is 2.25. The Kier molecular flexibility index (Phi) is 3.35. The molecule has 0 amide bonds. The van der Waals surface area contributed by atoms with E-state index in [9.17, 15) is 4.39 Å². The summed E-state index contributed by atoms with van der Waals surface area (Å²) in [5, 5.41) is 11.7. The molecule has 0 aliphatic carbocycles. The Labute approximate surface area is 115 Å². The fourth-order valence-electron chi connectivity index (χ4n) is 2.44. The number of rotatable bonds is 3. The van der Waals surface area contributed by atoms with Gasteiger partial charge < -0.3 is 10.5 Å².